The highest BCUT2D eigenvalue weighted by Gasteiger charge is 2.36. The minimum atomic E-state index is -4.50. The van der Waals surface area contributed by atoms with Crippen molar-refractivity contribution in [3.63, 3.8) is 0 Å². The smallest absolute Gasteiger partial charge is 0.452 e. The van der Waals surface area contributed by atoms with Crippen LogP contribution >= 0.6 is 11.5 Å². The minimum Gasteiger partial charge on any atom is -0.468 e. The summed E-state index contributed by atoms with van der Waals surface area (Å²) in [5.74, 6) is -1.15. The lowest BCUT2D eigenvalue weighted by Gasteiger charge is -2.01. The van der Waals surface area contributed by atoms with Crippen molar-refractivity contribution in [2.75, 3.05) is 19.7 Å². The van der Waals surface area contributed by atoms with E-state index in [0.717, 1.165) is 6.54 Å². The molecule has 0 aliphatic rings. The molecule has 1 aromatic heterocycles. The number of hydrogen-bond acceptors (Lipinski definition) is 5. The van der Waals surface area contributed by atoms with Gasteiger partial charge in [-0.1, -0.05) is 6.92 Å². The summed E-state index contributed by atoms with van der Waals surface area (Å²) in [6, 6.07) is 0. The lowest BCUT2D eigenvalue weighted by atomic mass is 10.6. The first-order valence-corrected chi connectivity index (χ1v) is 5.05. The van der Waals surface area contributed by atoms with Gasteiger partial charge >= 0.3 is 6.18 Å². The van der Waals surface area contributed by atoms with Gasteiger partial charge in [-0.25, -0.2) is 0 Å². The number of rotatable bonds is 5. The van der Waals surface area contributed by atoms with Crippen molar-refractivity contribution in [1.82, 2.24) is 14.7 Å². The molecule has 0 unspecified atom stereocenters. The molecule has 0 saturated carbocycles. The zero-order valence-electron chi connectivity index (χ0n) is 7.97. The molecule has 0 radical (unpaired) electrons. The fourth-order valence-electron chi connectivity index (χ4n) is 0.771. The maximum atomic E-state index is 12.1. The van der Waals surface area contributed by atoms with Gasteiger partial charge in [0.05, 0.1) is 0 Å². The standard InChI is InChI=1S/C7H10F3N3OS/c1-2-11-3-4-14-6-12-5(13-15-6)7(8,9)10/h11H,2-4H2,1H3. The van der Waals surface area contributed by atoms with Crippen molar-refractivity contribution >= 4 is 11.5 Å². The van der Waals surface area contributed by atoms with Crippen LogP contribution in [0.5, 0.6) is 5.19 Å². The van der Waals surface area contributed by atoms with E-state index >= 15 is 0 Å². The Hall–Kier alpha value is -0.890. The fourth-order valence-corrected chi connectivity index (χ4v) is 1.34. The molecular weight excluding hydrogens is 231 g/mol. The number of halogens is 3. The van der Waals surface area contributed by atoms with Crippen LogP contribution in [0.25, 0.3) is 0 Å². The van der Waals surface area contributed by atoms with Gasteiger partial charge in [0.15, 0.2) is 0 Å². The summed E-state index contributed by atoms with van der Waals surface area (Å²) in [6.07, 6.45) is -4.50. The summed E-state index contributed by atoms with van der Waals surface area (Å²) in [4.78, 5) is 3.21. The summed E-state index contributed by atoms with van der Waals surface area (Å²) in [5.41, 5.74) is 0. The first-order chi connectivity index (χ1) is 7.04. The van der Waals surface area contributed by atoms with Crippen LogP contribution in [-0.4, -0.2) is 29.1 Å². The Kier molecular flexibility index (Phi) is 4.28. The molecule has 0 saturated heterocycles. The van der Waals surface area contributed by atoms with Gasteiger partial charge < -0.3 is 10.1 Å². The van der Waals surface area contributed by atoms with Crippen LogP contribution < -0.4 is 10.1 Å². The summed E-state index contributed by atoms with van der Waals surface area (Å²) < 4.78 is 44.3. The summed E-state index contributed by atoms with van der Waals surface area (Å²) in [7, 11) is 0. The quantitative estimate of drug-likeness (QED) is 0.794. The fraction of sp³-hybridized carbons (Fsp3) is 0.714. The molecule has 15 heavy (non-hydrogen) atoms. The molecule has 0 fully saturated rings. The van der Waals surface area contributed by atoms with Crippen molar-refractivity contribution in [2.24, 2.45) is 0 Å². The molecule has 4 nitrogen and oxygen atoms in total. The molecule has 0 spiro atoms. The second-order valence-electron chi connectivity index (χ2n) is 2.58. The first-order valence-electron chi connectivity index (χ1n) is 4.28. The lowest BCUT2D eigenvalue weighted by Crippen LogP contribution is -2.20. The largest absolute Gasteiger partial charge is 0.468 e. The van der Waals surface area contributed by atoms with E-state index in [0.29, 0.717) is 18.1 Å². The number of aromatic nitrogens is 2. The van der Waals surface area contributed by atoms with Gasteiger partial charge in [0, 0.05) is 18.1 Å². The zero-order valence-corrected chi connectivity index (χ0v) is 8.78. The van der Waals surface area contributed by atoms with E-state index < -0.39 is 12.0 Å². The van der Waals surface area contributed by atoms with Gasteiger partial charge in [-0.05, 0) is 6.54 Å². The van der Waals surface area contributed by atoms with E-state index in [4.69, 9.17) is 4.74 Å². The summed E-state index contributed by atoms with van der Waals surface area (Å²) in [6.45, 7) is 3.55. The first kappa shape index (κ1) is 12.2. The number of nitrogens with one attached hydrogen (secondary N) is 1. The van der Waals surface area contributed by atoms with Crippen LogP contribution in [0.3, 0.4) is 0 Å². The van der Waals surface area contributed by atoms with Gasteiger partial charge in [0.1, 0.15) is 6.61 Å². The number of ether oxygens (including phenoxy) is 1. The van der Waals surface area contributed by atoms with Crippen molar-refractivity contribution in [3.05, 3.63) is 5.82 Å². The van der Waals surface area contributed by atoms with E-state index in [9.17, 15) is 13.2 Å². The van der Waals surface area contributed by atoms with E-state index in [1.807, 2.05) is 6.92 Å². The molecule has 0 atom stereocenters. The third-order valence-electron chi connectivity index (χ3n) is 1.42. The van der Waals surface area contributed by atoms with Gasteiger partial charge in [-0.3, -0.25) is 0 Å². The highest BCUT2D eigenvalue weighted by Crippen LogP contribution is 2.29. The molecule has 0 aliphatic carbocycles. The Balaban J connectivity index is 2.40. The van der Waals surface area contributed by atoms with Gasteiger partial charge in [-0.15, -0.1) is 0 Å². The Morgan fingerprint density at radius 1 is 1.47 bits per heavy atom. The summed E-state index contributed by atoms with van der Waals surface area (Å²) >= 11 is 0.603. The number of alkyl halides is 3. The monoisotopic (exact) mass is 241 g/mol. The molecule has 1 aromatic rings. The van der Waals surface area contributed by atoms with Crippen LogP contribution in [-0.2, 0) is 6.18 Å². The second-order valence-corrected chi connectivity index (χ2v) is 3.30. The predicted molar refractivity (Wildman–Crippen MR) is 48.9 cm³/mol. The lowest BCUT2D eigenvalue weighted by molar-refractivity contribution is -0.144. The Morgan fingerprint density at radius 3 is 2.73 bits per heavy atom. The van der Waals surface area contributed by atoms with Crippen LogP contribution in [0.1, 0.15) is 12.7 Å². The third kappa shape index (κ3) is 4.00. The molecule has 0 amide bonds. The maximum absolute atomic E-state index is 12.1. The number of hydrogen-bond donors (Lipinski definition) is 1. The van der Waals surface area contributed by atoms with E-state index in [2.05, 4.69) is 14.7 Å². The average molecular weight is 241 g/mol. The Morgan fingerprint density at radius 2 is 2.20 bits per heavy atom. The van der Waals surface area contributed by atoms with Crippen molar-refractivity contribution in [2.45, 2.75) is 13.1 Å². The molecule has 1 heterocycles. The molecule has 0 bridgehead atoms. The molecule has 1 N–H and O–H groups in total. The van der Waals surface area contributed by atoms with E-state index in [-0.39, 0.29) is 11.8 Å². The van der Waals surface area contributed by atoms with Crippen LogP contribution in [0.4, 0.5) is 13.2 Å². The highest BCUT2D eigenvalue weighted by atomic mass is 32.1. The van der Waals surface area contributed by atoms with Crippen molar-refractivity contribution in [3.8, 4) is 5.19 Å². The van der Waals surface area contributed by atoms with Crippen molar-refractivity contribution in [1.29, 1.82) is 0 Å². The van der Waals surface area contributed by atoms with Crippen molar-refractivity contribution < 1.29 is 17.9 Å². The third-order valence-corrected chi connectivity index (χ3v) is 2.04. The molecule has 86 valence electrons. The average Bonchev–Trinajstić information content (AvgIpc) is 2.60. The second kappa shape index (κ2) is 5.26. The van der Waals surface area contributed by atoms with E-state index in [1.54, 1.807) is 0 Å². The summed E-state index contributed by atoms with van der Waals surface area (Å²) in [5, 5.41) is 2.91. The van der Waals surface area contributed by atoms with Gasteiger partial charge in [0.2, 0.25) is 0 Å². The predicted octanol–water partition coefficient (Wildman–Crippen LogP) is 1.55. The number of likely N-dealkylation sites (N-methyl/N-ethyl adjacent to an activating group) is 1. The molecule has 0 aliphatic heterocycles. The minimum absolute atomic E-state index is 0.0553. The highest BCUT2D eigenvalue weighted by molar-refractivity contribution is 7.07. The van der Waals surface area contributed by atoms with Crippen LogP contribution in [0, 0.1) is 0 Å². The zero-order chi connectivity index (χ0) is 11.3. The van der Waals surface area contributed by atoms with Crippen LogP contribution in [0.15, 0.2) is 0 Å². The maximum Gasteiger partial charge on any atom is 0.452 e. The molecule has 1 rings (SSSR count). The van der Waals surface area contributed by atoms with Gasteiger partial charge in [0.25, 0.3) is 11.0 Å². The molecular formula is C7H10F3N3OS. The van der Waals surface area contributed by atoms with E-state index in [1.165, 1.54) is 0 Å². The topological polar surface area (TPSA) is 47.0 Å². The number of nitrogens with zero attached hydrogens (tertiary/aromatic N) is 2. The molecule has 8 heteroatoms. The Bertz CT molecular complexity index is 302. The normalized spacial score (nSPS) is 11.7. The molecule has 0 aromatic carbocycles. The SMILES string of the molecule is CCNCCOc1nc(C(F)(F)F)ns1. The Labute approximate surface area is 88.6 Å². The van der Waals surface area contributed by atoms with Crippen LogP contribution in [0.2, 0.25) is 0 Å². The van der Waals surface area contributed by atoms with Gasteiger partial charge in [-0.2, -0.15) is 22.5 Å².